The third-order valence-corrected chi connectivity index (χ3v) is 8.17. The number of hydrogen-bond donors (Lipinski definition) is 3. The Morgan fingerprint density at radius 1 is 1.02 bits per heavy atom. The predicted octanol–water partition coefficient (Wildman–Crippen LogP) is 2.61. The molecule has 4 N–H and O–H groups in total. The summed E-state index contributed by atoms with van der Waals surface area (Å²) in [5.41, 5.74) is 8.03. The number of hydrogen-bond acceptors (Lipinski definition) is 10. The second-order valence-electron chi connectivity index (χ2n) is 10.1. The number of fused-ring (bicyclic) bond motifs is 8. The number of benzene rings is 3. The molecule has 3 aliphatic rings. The molecule has 4 bridgehead atoms. The molecule has 222 valence electrons. The minimum Gasteiger partial charge on any atom is -0.493 e. The average Bonchev–Trinajstić information content (AvgIpc) is 3.59. The number of aromatic nitrogens is 1. The Morgan fingerprint density at radius 3 is 2.67 bits per heavy atom. The van der Waals surface area contributed by atoms with Gasteiger partial charge in [-0.15, -0.1) is 0 Å². The molecule has 0 unspecified atom stereocenters. The molecule has 12 nitrogen and oxygen atoms in total. The van der Waals surface area contributed by atoms with Crippen LogP contribution < -0.4 is 35.3 Å². The lowest BCUT2D eigenvalue weighted by atomic mass is 10.1. The fourth-order valence-electron chi connectivity index (χ4n) is 5.12. The van der Waals surface area contributed by atoms with Crippen LogP contribution in [0.2, 0.25) is 0 Å². The van der Waals surface area contributed by atoms with E-state index in [0.717, 1.165) is 10.3 Å². The number of nitrogen functional groups attached to an aromatic ring is 1. The van der Waals surface area contributed by atoms with E-state index in [1.807, 2.05) is 12.1 Å². The Balaban J connectivity index is 1.33. The van der Waals surface area contributed by atoms with Crippen LogP contribution in [0.15, 0.2) is 54.6 Å². The number of thiazole rings is 1. The van der Waals surface area contributed by atoms with Gasteiger partial charge < -0.3 is 40.2 Å². The summed E-state index contributed by atoms with van der Waals surface area (Å²) in [6.45, 7) is 0.365. The topological polar surface area (TPSA) is 154 Å². The van der Waals surface area contributed by atoms with E-state index in [9.17, 15) is 14.4 Å². The van der Waals surface area contributed by atoms with Gasteiger partial charge in [0.25, 0.3) is 17.7 Å². The number of likely N-dealkylation sites (tertiary alicyclic amines) is 1. The van der Waals surface area contributed by atoms with Crippen molar-refractivity contribution in [1.29, 1.82) is 0 Å². The molecule has 0 aliphatic carbocycles. The van der Waals surface area contributed by atoms with E-state index in [4.69, 9.17) is 24.7 Å². The maximum Gasteiger partial charge on any atom is 0.258 e. The van der Waals surface area contributed by atoms with Crippen LogP contribution in [0, 0.1) is 0 Å². The van der Waals surface area contributed by atoms with Crippen molar-refractivity contribution in [2.45, 2.75) is 18.7 Å². The summed E-state index contributed by atoms with van der Waals surface area (Å²) in [5, 5.41) is 6.26. The minimum absolute atomic E-state index is 0.199. The number of amides is 3. The summed E-state index contributed by atoms with van der Waals surface area (Å²) in [6.07, 6.45) is -0.601. The summed E-state index contributed by atoms with van der Waals surface area (Å²) in [4.78, 5) is 45.5. The summed E-state index contributed by atoms with van der Waals surface area (Å²) >= 11 is 1.35. The summed E-state index contributed by atoms with van der Waals surface area (Å²) in [6, 6.07) is 14.7. The number of nitrogens with two attached hydrogens (primary N) is 1. The van der Waals surface area contributed by atoms with E-state index in [1.165, 1.54) is 31.6 Å². The summed E-state index contributed by atoms with van der Waals surface area (Å²) in [7, 11) is 2.99. The number of carbonyl (C=O) groups excluding carboxylic acids is 3. The zero-order chi connectivity index (χ0) is 30.1. The minimum atomic E-state index is -0.601. The third-order valence-electron chi connectivity index (χ3n) is 7.30. The number of carbonyl (C=O) groups is 3. The number of nitrogens with one attached hydrogen (secondary N) is 2. The highest BCUT2D eigenvalue weighted by atomic mass is 32.1. The second kappa shape index (κ2) is 11.7. The van der Waals surface area contributed by atoms with Crippen LogP contribution >= 0.6 is 11.3 Å². The fraction of sp³-hybridized carbons (Fsp3) is 0.267. The molecular formula is C30H29N5O7S. The van der Waals surface area contributed by atoms with Crippen molar-refractivity contribution in [1.82, 2.24) is 20.5 Å². The monoisotopic (exact) mass is 603 g/mol. The molecule has 13 heteroatoms. The predicted molar refractivity (Wildman–Crippen MR) is 159 cm³/mol. The molecule has 3 amide bonds. The Bertz CT molecular complexity index is 1720. The van der Waals surface area contributed by atoms with Crippen molar-refractivity contribution in [3.8, 4) is 23.0 Å². The van der Waals surface area contributed by atoms with E-state index in [-0.39, 0.29) is 49.4 Å². The fourth-order valence-corrected chi connectivity index (χ4v) is 5.83. The second-order valence-corrected chi connectivity index (χ2v) is 11.2. The van der Waals surface area contributed by atoms with Gasteiger partial charge in [0.15, 0.2) is 34.7 Å². The number of anilines is 1. The van der Waals surface area contributed by atoms with Crippen LogP contribution in [-0.4, -0.2) is 73.7 Å². The zero-order valence-corrected chi connectivity index (χ0v) is 24.2. The molecule has 1 aromatic heterocycles. The Hall–Kier alpha value is -5.04. The van der Waals surface area contributed by atoms with Crippen molar-refractivity contribution in [2.24, 2.45) is 0 Å². The first-order chi connectivity index (χ1) is 20.8. The van der Waals surface area contributed by atoms with Gasteiger partial charge in [0.2, 0.25) is 0 Å². The first kappa shape index (κ1) is 28.1. The van der Waals surface area contributed by atoms with Crippen LogP contribution in [-0.2, 0) is 11.3 Å². The lowest BCUT2D eigenvalue weighted by Crippen LogP contribution is -2.45. The molecule has 0 radical (unpaired) electrons. The molecule has 3 aromatic carbocycles. The van der Waals surface area contributed by atoms with Crippen LogP contribution in [0.4, 0.5) is 5.13 Å². The highest BCUT2D eigenvalue weighted by Crippen LogP contribution is 2.32. The molecule has 1 fully saturated rings. The van der Waals surface area contributed by atoms with Gasteiger partial charge >= 0.3 is 0 Å². The highest BCUT2D eigenvalue weighted by molar-refractivity contribution is 7.22. The Labute approximate surface area is 250 Å². The van der Waals surface area contributed by atoms with Gasteiger partial charge in [-0.3, -0.25) is 14.4 Å². The van der Waals surface area contributed by atoms with Gasteiger partial charge in [0, 0.05) is 24.2 Å². The Morgan fingerprint density at radius 2 is 1.86 bits per heavy atom. The SMILES string of the molecule is COc1ccc2cc1OCC(=O)NCc1ccc(c(OC)c1)O[C@H]1CN(C(=O)c3ccc4sc(N)nc4c3)C[C@@H]1NC2=O. The van der Waals surface area contributed by atoms with Crippen LogP contribution in [0.25, 0.3) is 10.2 Å². The quantitative estimate of drug-likeness (QED) is 0.321. The normalized spacial score (nSPS) is 18.6. The van der Waals surface area contributed by atoms with Crippen molar-refractivity contribution in [3.63, 3.8) is 0 Å². The van der Waals surface area contributed by atoms with Crippen LogP contribution in [0.3, 0.4) is 0 Å². The number of nitrogens with zero attached hydrogens (tertiary/aromatic N) is 2. The highest BCUT2D eigenvalue weighted by Gasteiger charge is 2.39. The first-order valence-corrected chi connectivity index (χ1v) is 14.3. The van der Waals surface area contributed by atoms with Crippen molar-refractivity contribution < 1.29 is 33.3 Å². The van der Waals surface area contributed by atoms with Gasteiger partial charge in [-0.05, 0) is 54.1 Å². The molecule has 3 aliphatic heterocycles. The van der Waals surface area contributed by atoms with Crippen molar-refractivity contribution in [2.75, 3.05) is 39.6 Å². The molecule has 7 rings (SSSR count). The van der Waals surface area contributed by atoms with Gasteiger partial charge in [0.1, 0.15) is 6.10 Å². The third kappa shape index (κ3) is 5.84. The van der Waals surface area contributed by atoms with E-state index in [2.05, 4.69) is 15.6 Å². The summed E-state index contributed by atoms with van der Waals surface area (Å²) in [5.74, 6) is 0.529. The summed E-state index contributed by atoms with van der Waals surface area (Å²) < 4.78 is 23.9. The first-order valence-electron chi connectivity index (χ1n) is 13.5. The van der Waals surface area contributed by atoms with Crippen molar-refractivity contribution in [3.05, 3.63) is 71.3 Å². The molecule has 1 saturated heterocycles. The largest absolute Gasteiger partial charge is 0.493 e. The lowest BCUT2D eigenvalue weighted by Gasteiger charge is -2.22. The van der Waals surface area contributed by atoms with Gasteiger partial charge in [-0.1, -0.05) is 17.4 Å². The van der Waals surface area contributed by atoms with Gasteiger partial charge in [0.05, 0.1) is 37.0 Å². The van der Waals surface area contributed by atoms with E-state index >= 15 is 0 Å². The maximum absolute atomic E-state index is 13.6. The molecule has 43 heavy (non-hydrogen) atoms. The Kier molecular flexibility index (Phi) is 7.63. The van der Waals surface area contributed by atoms with Gasteiger partial charge in [-0.25, -0.2) is 4.98 Å². The maximum atomic E-state index is 13.6. The molecule has 0 saturated carbocycles. The number of ether oxygens (including phenoxy) is 4. The zero-order valence-electron chi connectivity index (χ0n) is 23.4. The van der Waals surface area contributed by atoms with E-state index in [0.29, 0.717) is 33.5 Å². The number of rotatable bonds is 3. The lowest BCUT2D eigenvalue weighted by molar-refractivity contribution is -0.123. The van der Waals surface area contributed by atoms with Crippen molar-refractivity contribution >= 4 is 44.4 Å². The molecule has 4 heterocycles. The smallest absolute Gasteiger partial charge is 0.258 e. The van der Waals surface area contributed by atoms with Crippen LogP contribution in [0.1, 0.15) is 26.3 Å². The van der Waals surface area contributed by atoms with Crippen LogP contribution in [0.5, 0.6) is 23.0 Å². The average molecular weight is 604 g/mol. The standard InChI is InChI=1S/C30H29N5O7S/c1-39-21-7-4-17-11-24(21)41-15-27(36)32-12-16-3-6-22(23(9-16)40-2)42-25-14-35(13-20(25)33-28(17)37)29(38)18-5-8-26-19(10-18)34-30(31)43-26/h3-11,20,25H,12-15H2,1-2H3,(H2,31,34)(H,32,36)(H,33,37)/t20-,25-/m0/s1. The molecular weight excluding hydrogens is 574 g/mol. The molecule has 2 atom stereocenters. The van der Waals surface area contributed by atoms with E-state index in [1.54, 1.807) is 41.3 Å². The number of methoxy groups -OCH3 is 2. The van der Waals surface area contributed by atoms with Gasteiger partial charge in [-0.2, -0.15) is 0 Å². The molecule has 4 aromatic rings. The molecule has 0 spiro atoms. The van der Waals surface area contributed by atoms with E-state index < -0.39 is 18.1 Å².